The molecule has 0 aliphatic rings. The van der Waals surface area contributed by atoms with Crippen molar-refractivity contribution >= 4 is 23.1 Å². The fraction of sp³-hybridized carbons (Fsp3) is 0.200. The van der Waals surface area contributed by atoms with Crippen LogP contribution in [0, 0.1) is 0 Å². The second kappa shape index (κ2) is 8.37. The Labute approximate surface area is 176 Å². The van der Waals surface area contributed by atoms with Gasteiger partial charge in [-0.1, -0.05) is 12.1 Å². The average molecular weight is 424 g/mol. The Morgan fingerprint density at radius 2 is 2.07 bits per heavy atom. The number of nitrogens with one attached hydrogen (secondary N) is 1. The smallest absolute Gasteiger partial charge is 0.276 e. The fourth-order valence-corrected chi connectivity index (χ4v) is 3.80. The number of ether oxygens (including phenoxy) is 2. The first-order valence-electron chi connectivity index (χ1n) is 9.06. The molecule has 4 aromatic rings. The van der Waals surface area contributed by atoms with E-state index in [1.807, 2.05) is 31.4 Å². The number of hydrogen-bond donors (Lipinski definition) is 1. The molecule has 3 heterocycles. The van der Waals surface area contributed by atoms with Gasteiger partial charge in [0.1, 0.15) is 16.5 Å². The quantitative estimate of drug-likeness (QED) is 0.490. The van der Waals surface area contributed by atoms with Gasteiger partial charge in [-0.3, -0.25) is 9.48 Å². The number of rotatable bonds is 7. The predicted molar refractivity (Wildman–Crippen MR) is 113 cm³/mol. The van der Waals surface area contributed by atoms with Crippen LogP contribution in [0.25, 0.3) is 10.6 Å². The van der Waals surface area contributed by atoms with Gasteiger partial charge in [0.2, 0.25) is 0 Å². The molecule has 1 amide bonds. The molecule has 4 rings (SSSR count). The highest BCUT2D eigenvalue weighted by Gasteiger charge is 2.16. The van der Waals surface area contributed by atoms with E-state index in [4.69, 9.17) is 9.47 Å². The largest absolute Gasteiger partial charge is 0.493 e. The second-order valence-electron chi connectivity index (χ2n) is 6.42. The van der Waals surface area contributed by atoms with E-state index in [9.17, 15) is 4.79 Å². The Kier molecular flexibility index (Phi) is 5.48. The molecule has 3 aromatic heterocycles. The highest BCUT2D eigenvalue weighted by Crippen LogP contribution is 2.31. The zero-order chi connectivity index (χ0) is 21.1. The Bertz CT molecular complexity index is 1180. The van der Waals surface area contributed by atoms with E-state index in [0.29, 0.717) is 29.6 Å². The number of nitrogens with zero attached hydrogens (tertiary/aromatic N) is 5. The Morgan fingerprint density at radius 3 is 2.80 bits per heavy atom. The van der Waals surface area contributed by atoms with Gasteiger partial charge < -0.3 is 14.8 Å². The summed E-state index contributed by atoms with van der Waals surface area (Å²) in [4.78, 5) is 17.1. The summed E-state index contributed by atoms with van der Waals surface area (Å²) in [6.07, 6.45) is 5.21. The van der Waals surface area contributed by atoms with Gasteiger partial charge in [-0.2, -0.15) is 10.2 Å². The zero-order valence-electron chi connectivity index (χ0n) is 16.7. The molecule has 0 fully saturated rings. The summed E-state index contributed by atoms with van der Waals surface area (Å²) in [6, 6.07) is 7.37. The van der Waals surface area contributed by atoms with Crippen LogP contribution < -0.4 is 14.8 Å². The lowest BCUT2D eigenvalue weighted by atomic mass is 10.2. The lowest BCUT2D eigenvalue weighted by Crippen LogP contribution is -2.16. The van der Waals surface area contributed by atoms with Crippen molar-refractivity contribution in [2.75, 3.05) is 19.5 Å². The maximum atomic E-state index is 12.7. The number of carbonyl (C=O) groups excluding carboxylic acids is 1. The molecule has 0 saturated heterocycles. The van der Waals surface area contributed by atoms with Gasteiger partial charge >= 0.3 is 0 Å². The number of hydrogen-bond acceptors (Lipinski definition) is 7. The summed E-state index contributed by atoms with van der Waals surface area (Å²) >= 11 is 1.39. The van der Waals surface area contributed by atoms with Crippen molar-refractivity contribution in [3.63, 3.8) is 0 Å². The van der Waals surface area contributed by atoms with Gasteiger partial charge in [-0.25, -0.2) is 9.67 Å². The highest BCUT2D eigenvalue weighted by atomic mass is 32.1. The summed E-state index contributed by atoms with van der Waals surface area (Å²) < 4.78 is 14.2. The summed E-state index contributed by atoms with van der Waals surface area (Å²) in [7, 11) is 5.02. The standard InChI is InChI=1S/C20H20N6O3S/c1-25-10-14(9-22-25)20-23-15(12-30-20)19(27)24-17-7-8-21-26(17)11-13-5-4-6-16(28-2)18(13)29-3/h4-10,12H,11H2,1-3H3,(H,24,27). The lowest BCUT2D eigenvalue weighted by Gasteiger charge is -2.14. The van der Waals surface area contributed by atoms with Crippen molar-refractivity contribution in [1.29, 1.82) is 0 Å². The number of benzene rings is 1. The lowest BCUT2D eigenvalue weighted by molar-refractivity contribution is 0.102. The van der Waals surface area contributed by atoms with Gasteiger partial charge in [-0.15, -0.1) is 11.3 Å². The van der Waals surface area contributed by atoms with Gasteiger partial charge in [-0.05, 0) is 6.07 Å². The van der Waals surface area contributed by atoms with E-state index in [1.54, 1.807) is 47.4 Å². The molecule has 0 atom stereocenters. The van der Waals surface area contributed by atoms with Crippen molar-refractivity contribution < 1.29 is 14.3 Å². The molecule has 30 heavy (non-hydrogen) atoms. The van der Waals surface area contributed by atoms with E-state index in [-0.39, 0.29) is 5.91 Å². The minimum absolute atomic E-state index is 0.305. The first-order valence-corrected chi connectivity index (χ1v) is 9.94. The number of aryl methyl sites for hydroxylation is 1. The molecule has 1 N–H and O–H groups in total. The van der Waals surface area contributed by atoms with Gasteiger partial charge in [0.25, 0.3) is 5.91 Å². The van der Waals surface area contributed by atoms with Crippen molar-refractivity contribution in [2.24, 2.45) is 7.05 Å². The molecule has 0 saturated carbocycles. The van der Waals surface area contributed by atoms with Crippen LogP contribution in [0.1, 0.15) is 16.1 Å². The first kappa shape index (κ1) is 19.6. The molecule has 0 spiro atoms. The molecule has 0 bridgehead atoms. The van der Waals surface area contributed by atoms with Gasteiger partial charge in [0.05, 0.1) is 33.2 Å². The molecule has 0 aliphatic carbocycles. The third-order valence-corrected chi connectivity index (χ3v) is 5.34. The van der Waals surface area contributed by atoms with Crippen LogP contribution in [0.4, 0.5) is 5.82 Å². The van der Waals surface area contributed by atoms with E-state index in [2.05, 4.69) is 20.5 Å². The number of methoxy groups -OCH3 is 2. The topological polar surface area (TPSA) is 96.1 Å². The van der Waals surface area contributed by atoms with Crippen LogP contribution in [0.5, 0.6) is 11.5 Å². The van der Waals surface area contributed by atoms with E-state index in [1.165, 1.54) is 11.3 Å². The summed E-state index contributed by atoms with van der Waals surface area (Å²) in [5, 5.41) is 13.8. The SMILES string of the molecule is COc1cccc(Cn2nccc2NC(=O)c2csc(-c3cnn(C)c3)n2)c1OC. The second-order valence-corrected chi connectivity index (χ2v) is 7.28. The molecule has 154 valence electrons. The van der Waals surface area contributed by atoms with Crippen LogP contribution in [0.3, 0.4) is 0 Å². The summed E-state index contributed by atoms with van der Waals surface area (Å²) in [5.41, 5.74) is 2.09. The van der Waals surface area contributed by atoms with E-state index >= 15 is 0 Å². The Morgan fingerprint density at radius 1 is 1.20 bits per heavy atom. The number of amides is 1. The molecular formula is C20H20N6O3S. The fourth-order valence-electron chi connectivity index (χ4n) is 3.03. The van der Waals surface area contributed by atoms with E-state index < -0.39 is 0 Å². The molecule has 10 heteroatoms. The Balaban J connectivity index is 1.52. The first-order chi connectivity index (χ1) is 14.6. The molecular weight excluding hydrogens is 404 g/mol. The molecule has 9 nitrogen and oxygen atoms in total. The maximum Gasteiger partial charge on any atom is 0.276 e. The molecule has 0 unspecified atom stereocenters. The molecule has 1 aromatic carbocycles. The average Bonchev–Trinajstić information content (AvgIpc) is 3.49. The Hall–Kier alpha value is -3.66. The molecule has 0 aliphatic heterocycles. The minimum Gasteiger partial charge on any atom is -0.493 e. The number of carbonyl (C=O) groups is 1. The highest BCUT2D eigenvalue weighted by molar-refractivity contribution is 7.13. The van der Waals surface area contributed by atoms with Crippen LogP contribution in [0.15, 0.2) is 48.2 Å². The zero-order valence-corrected chi connectivity index (χ0v) is 17.5. The van der Waals surface area contributed by atoms with Crippen LogP contribution in [-0.4, -0.2) is 44.7 Å². The van der Waals surface area contributed by atoms with E-state index in [0.717, 1.165) is 16.1 Å². The number of thiazole rings is 1. The van der Waals surface area contributed by atoms with Crippen molar-refractivity contribution in [2.45, 2.75) is 6.54 Å². The number of anilines is 1. The van der Waals surface area contributed by atoms with Crippen LogP contribution >= 0.6 is 11.3 Å². The van der Waals surface area contributed by atoms with Gasteiger partial charge in [0, 0.05) is 35.8 Å². The predicted octanol–water partition coefficient (Wildman–Crippen LogP) is 3.06. The summed E-state index contributed by atoms with van der Waals surface area (Å²) in [5.74, 6) is 1.52. The normalized spacial score (nSPS) is 10.8. The number of aromatic nitrogens is 5. The van der Waals surface area contributed by atoms with Crippen LogP contribution in [-0.2, 0) is 13.6 Å². The molecule has 0 radical (unpaired) electrons. The van der Waals surface area contributed by atoms with Crippen molar-refractivity contribution in [1.82, 2.24) is 24.5 Å². The van der Waals surface area contributed by atoms with Crippen LogP contribution in [0.2, 0.25) is 0 Å². The monoisotopic (exact) mass is 424 g/mol. The van der Waals surface area contributed by atoms with Crippen molar-refractivity contribution in [3.8, 4) is 22.1 Å². The summed E-state index contributed by atoms with van der Waals surface area (Å²) in [6.45, 7) is 0.404. The number of para-hydroxylation sites is 1. The minimum atomic E-state index is -0.305. The third kappa shape index (κ3) is 3.90. The van der Waals surface area contributed by atoms with Crippen molar-refractivity contribution in [3.05, 3.63) is 59.5 Å². The van der Waals surface area contributed by atoms with Gasteiger partial charge in [0.15, 0.2) is 11.5 Å². The maximum absolute atomic E-state index is 12.7. The third-order valence-electron chi connectivity index (χ3n) is 4.45.